The number of para-hydroxylation sites is 1. The molecule has 1 aromatic heterocycles. The molecule has 2 heteroatoms. The van der Waals surface area contributed by atoms with Crippen molar-refractivity contribution in [3.05, 3.63) is 35.1 Å². The average Bonchev–Trinajstić information content (AvgIpc) is 2.46. The quantitative estimate of drug-likeness (QED) is 0.684. The van der Waals surface area contributed by atoms with E-state index in [0.29, 0.717) is 6.42 Å². The summed E-state index contributed by atoms with van der Waals surface area (Å²) in [6.45, 7) is 3.99. The molecule has 1 heterocycles. The number of furan rings is 1. The molecular formula is C12H11NO. The molecule has 0 aliphatic heterocycles. The highest BCUT2D eigenvalue weighted by molar-refractivity contribution is 5.84. The van der Waals surface area contributed by atoms with Gasteiger partial charge in [-0.25, -0.2) is 0 Å². The summed E-state index contributed by atoms with van der Waals surface area (Å²) in [5.41, 5.74) is 3.00. The maximum absolute atomic E-state index is 8.66. The van der Waals surface area contributed by atoms with Crippen LogP contribution in [-0.4, -0.2) is 0 Å². The van der Waals surface area contributed by atoms with Crippen molar-refractivity contribution < 1.29 is 4.42 Å². The lowest BCUT2D eigenvalue weighted by atomic mass is 10.1. The first-order valence-electron chi connectivity index (χ1n) is 4.58. The summed E-state index contributed by atoms with van der Waals surface area (Å²) in [6, 6.07) is 8.08. The van der Waals surface area contributed by atoms with Crippen LogP contribution in [0.1, 0.15) is 16.9 Å². The van der Waals surface area contributed by atoms with E-state index in [1.54, 1.807) is 0 Å². The molecule has 1 aromatic carbocycles. The normalized spacial score (nSPS) is 10.4. The van der Waals surface area contributed by atoms with Gasteiger partial charge in [0.05, 0.1) is 12.5 Å². The molecule has 0 saturated heterocycles. The molecule has 2 rings (SSSR count). The lowest BCUT2D eigenvalue weighted by Gasteiger charge is -1.95. The second-order valence-electron chi connectivity index (χ2n) is 3.41. The van der Waals surface area contributed by atoms with Gasteiger partial charge in [-0.1, -0.05) is 18.2 Å². The molecule has 0 aliphatic carbocycles. The molecule has 0 spiro atoms. The Kier molecular flexibility index (Phi) is 2.01. The van der Waals surface area contributed by atoms with Gasteiger partial charge in [0.2, 0.25) is 0 Å². The number of aryl methyl sites for hydroxylation is 2. The van der Waals surface area contributed by atoms with E-state index < -0.39 is 0 Å². The van der Waals surface area contributed by atoms with Crippen LogP contribution in [0.5, 0.6) is 0 Å². The molecule has 70 valence electrons. The lowest BCUT2D eigenvalue weighted by Crippen LogP contribution is -1.81. The zero-order chi connectivity index (χ0) is 10.1. The molecule has 2 aromatic rings. The van der Waals surface area contributed by atoms with E-state index >= 15 is 0 Å². The van der Waals surface area contributed by atoms with Crippen LogP contribution in [0.25, 0.3) is 11.0 Å². The fraction of sp³-hybridized carbons (Fsp3) is 0.250. The van der Waals surface area contributed by atoms with E-state index in [9.17, 15) is 0 Å². The van der Waals surface area contributed by atoms with Crippen LogP contribution >= 0.6 is 0 Å². The monoisotopic (exact) mass is 185 g/mol. The van der Waals surface area contributed by atoms with Crippen LogP contribution < -0.4 is 0 Å². The Morgan fingerprint density at radius 3 is 2.86 bits per heavy atom. The van der Waals surface area contributed by atoms with E-state index in [-0.39, 0.29) is 0 Å². The number of fused-ring (bicyclic) bond motifs is 1. The van der Waals surface area contributed by atoms with Gasteiger partial charge in [0.25, 0.3) is 0 Å². The summed E-state index contributed by atoms with van der Waals surface area (Å²) >= 11 is 0. The molecule has 0 atom stereocenters. The van der Waals surface area contributed by atoms with Crippen molar-refractivity contribution in [2.45, 2.75) is 20.3 Å². The van der Waals surface area contributed by atoms with E-state index in [1.165, 1.54) is 5.56 Å². The summed E-state index contributed by atoms with van der Waals surface area (Å²) in [6.07, 6.45) is 0.406. The van der Waals surface area contributed by atoms with E-state index in [4.69, 9.17) is 9.68 Å². The van der Waals surface area contributed by atoms with Gasteiger partial charge in [-0.3, -0.25) is 0 Å². The third kappa shape index (κ3) is 1.18. The van der Waals surface area contributed by atoms with Crippen molar-refractivity contribution in [2.24, 2.45) is 0 Å². The standard InChI is InChI=1S/C12H11NO/c1-8-9(2)14-12-10(6-7-13)4-3-5-11(8)12/h3-5H,6H2,1-2H3. The van der Waals surface area contributed by atoms with Crippen molar-refractivity contribution in [1.29, 1.82) is 5.26 Å². The Labute approximate surface area is 82.8 Å². The molecule has 0 saturated carbocycles. The summed E-state index contributed by atoms with van der Waals surface area (Å²) < 4.78 is 5.63. The van der Waals surface area contributed by atoms with Crippen molar-refractivity contribution in [1.82, 2.24) is 0 Å². The number of rotatable bonds is 1. The van der Waals surface area contributed by atoms with E-state index in [0.717, 1.165) is 22.3 Å². The predicted molar refractivity (Wildman–Crippen MR) is 55.0 cm³/mol. The number of hydrogen-bond acceptors (Lipinski definition) is 2. The average molecular weight is 185 g/mol. The third-order valence-corrected chi connectivity index (χ3v) is 2.55. The summed E-state index contributed by atoms with van der Waals surface area (Å²) in [5, 5.41) is 9.78. The predicted octanol–water partition coefficient (Wildman–Crippen LogP) is 3.12. The molecule has 0 amide bonds. The zero-order valence-corrected chi connectivity index (χ0v) is 8.29. The maximum Gasteiger partial charge on any atom is 0.138 e. The van der Waals surface area contributed by atoms with E-state index in [1.807, 2.05) is 32.0 Å². The minimum absolute atomic E-state index is 0.406. The number of nitriles is 1. The van der Waals surface area contributed by atoms with Crippen molar-refractivity contribution in [2.75, 3.05) is 0 Å². The first kappa shape index (κ1) is 8.83. The van der Waals surface area contributed by atoms with Crippen molar-refractivity contribution in [3.63, 3.8) is 0 Å². The van der Waals surface area contributed by atoms with Crippen LogP contribution in [-0.2, 0) is 6.42 Å². The Morgan fingerprint density at radius 2 is 2.14 bits per heavy atom. The van der Waals surface area contributed by atoms with Crippen LogP contribution in [0, 0.1) is 25.2 Å². The first-order chi connectivity index (χ1) is 6.74. The van der Waals surface area contributed by atoms with Gasteiger partial charge in [-0.2, -0.15) is 5.26 Å². The fourth-order valence-electron chi connectivity index (χ4n) is 1.64. The van der Waals surface area contributed by atoms with Gasteiger partial charge in [0.15, 0.2) is 0 Å². The highest BCUT2D eigenvalue weighted by Crippen LogP contribution is 2.27. The largest absolute Gasteiger partial charge is 0.461 e. The Balaban J connectivity index is 2.76. The molecule has 0 radical (unpaired) electrons. The van der Waals surface area contributed by atoms with Crippen LogP contribution in [0.4, 0.5) is 0 Å². The van der Waals surface area contributed by atoms with Crippen LogP contribution in [0.15, 0.2) is 22.6 Å². The van der Waals surface area contributed by atoms with Gasteiger partial charge in [-0.15, -0.1) is 0 Å². The Bertz CT molecular complexity index is 517. The van der Waals surface area contributed by atoms with Crippen LogP contribution in [0.2, 0.25) is 0 Å². The second kappa shape index (κ2) is 3.19. The molecule has 0 aliphatic rings. The molecule has 2 nitrogen and oxygen atoms in total. The highest BCUT2D eigenvalue weighted by atomic mass is 16.3. The zero-order valence-electron chi connectivity index (χ0n) is 8.29. The number of hydrogen-bond donors (Lipinski definition) is 0. The number of benzene rings is 1. The maximum atomic E-state index is 8.66. The minimum atomic E-state index is 0.406. The summed E-state index contributed by atoms with van der Waals surface area (Å²) in [7, 11) is 0. The van der Waals surface area contributed by atoms with Crippen molar-refractivity contribution in [3.8, 4) is 6.07 Å². The molecule has 14 heavy (non-hydrogen) atoms. The summed E-state index contributed by atoms with van der Waals surface area (Å²) in [4.78, 5) is 0. The van der Waals surface area contributed by atoms with Crippen LogP contribution in [0.3, 0.4) is 0 Å². The molecule has 0 bridgehead atoms. The van der Waals surface area contributed by atoms with Crippen molar-refractivity contribution >= 4 is 11.0 Å². The third-order valence-electron chi connectivity index (χ3n) is 2.55. The minimum Gasteiger partial charge on any atom is -0.461 e. The molecule has 0 fully saturated rings. The van der Waals surface area contributed by atoms with Gasteiger partial charge >= 0.3 is 0 Å². The van der Waals surface area contributed by atoms with Gasteiger partial charge < -0.3 is 4.42 Å². The van der Waals surface area contributed by atoms with E-state index in [2.05, 4.69) is 6.07 Å². The molecule has 0 N–H and O–H groups in total. The van der Waals surface area contributed by atoms with Gasteiger partial charge in [0.1, 0.15) is 11.3 Å². The van der Waals surface area contributed by atoms with Gasteiger partial charge in [0, 0.05) is 10.9 Å². The molecular weight excluding hydrogens is 174 g/mol. The van der Waals surface area contributed by atoms with Gasteiger partial charge in [-0.05, 0) is 19.4 Å². The first-order valence-corrected chi connectivity index (χ1v) is 4.58. The SMILES string of the molecule is Cc1oc2c(CC#N)cccc2c1C. The fourth-order valence-corrected chi connectivity index (χ4v) is 1.64. The highest BCUT2D eigenvalue weighted by Gasteiger charge is 2.09. The smallest absolute Gasteiger partial charge is 0.138 e. The lowest BCUT2D eigenvalue weighted by molar-refractivity contribution is 0.572. The Hall–Kier alpha value is -1.75. The number of nitrogens with zero attached hydrogens (tertiary/aromatic N) is 1. The summed E-state index contributed by atoms with van der Waals surface area (Å²) in [5.74, 6) is 0.936. The topological polar surface area (TPSA) is 36.9 Å². The molecule has 0 unspecified atom stereocenters. The second-order valence-corrected chi connectivity index (χ2v) is 3.41. The Morgan fingerprint density at radius 1 is 1.36 bits per heavy atom.